The van der Waals surface area contributed by atoms with Crippen LogP contribution in [0, 0.1) is 0 Å². The molecule has 0 spiro atoms. The first-order valence-electron chi connectivity index (χ1n) is 5.99. The van der Waals surface area contributed by atoms with Gasteiger partial charge in [0.1, 0.15) is 11.9 Å². The van der Waals surface area contributed by atoms with Crippen molar-refractivity contribution in [3.8, 4) is 5.75 Å². The molecule has 0 aliphatic heterocycles. The van der Waals surface area contributed by atoms with E-state index in [4.69, 9.17) is 4.74 Å². The van der Waals surface area contributed by atoms with Crippen LogP contribution < -0.4 is 4.74 Å². The van der Waals surface area contributed by atoms with Crippen LogP contribution in [0.2, 0.25) is 0 Å². The average Bonchev–Trinajstić information content (AvgIpc) is 2.75. The molecule has 0 radical (unpaired) electrons. The Labute approximate surface area is 107 Å². The van der Waals surface area contributed by atoms with Gasteiger partial charge in [0, 0.05) is 18.8 Å². The number of hydrogen-bond donors (Lipinski definition) is 1. The van der Waals surface area contributed by atoms with E-state index in [1.165, 1.54) is 0 Å². The Hall–Kier alpha value is -1.81. The lowest BCUT2D eigenvalue weighted by molar-refractivity contribution is 0.195. The Bertz CT molecular complexity index is 520. The largest absolute Gasteiger partial charge is 0.491 e. The van der Waals surface area contributed by atoms with Crippen molar-refractivity contribution in [3.05, 3.63) is 48.0 Å². The quantitative estimate of drug-likeness (QED) is 0.900. The zero-order chi connectivity index (χ0) is 13.1. The number of aliphatic hydroxyl groups is 1. The molecule has 0 saturated heterocycles. The second-order valence-corrected chi connectivity index (χ2v) is 4.57. The van der Waals surface area contributed by atoms with E-state index in [0.29, 0.717) is 11.4 Å². The van der Waals surface area contributed by atoms with Crippen molar-refractivity contribution in [1.29, 1.82) is 0 Å². The van der Waals surface area contributed by atoms with E-state index in [1.807, 2.05) is 49.7 Å². The van der Waals surface area contributed by atoms with E-state index in [9.17, 15) is 5.11 Å². The van der Waals surface area contributed by atoms with E-state index in [-0.39, 0.29) is 6.10 Å². The van der Waals surface area contributed by atoms with Gasteiger partial charge in [-0.25, -0.2) is 4.98 Å². The molecule has 0 bridgehead atoms. The lowest BCUT2D eigenvalue weighted by Gasteiger charge is -2.16. The van der Waals surface area contributed by atoms with Crippen molar-refractivity contribution in [1.82, 2.24) is 9.55 Å². The third-order valence-corrected chi connectivity index (χ3v) is 2.58. The highest BCUT2D eigenvalue weighted by molar-refractivity contribution is 5.38. The Morgan fingerprint density at radius 1 is 1.28 bits per heavy atom. The SMILES string of the molecule is CC(C)Oc1ccccc1C(O)c1cn(C)cn1. The van der Waals surface area contributed by atoms with Crippen molar-refractivity contribution >= 4 is 0 Å². The number of benzene rings is 1. The molecule has 2 aromatic rings. The summed E-state index contributed by atoms with van der Waals surface area (Å²) in [6.45, 7) is 3.92. The van der Waals surface area contributed by atoms with Crippen LogP contribution in [0.3, 0.4) is 0 Å². The van der Waals surface area contributed by atoms with E-state index >= 15 is 0 Å². The third-order valence-electron chi connectivity index (χ3n) is 2.58. The van der Waals surface area contributed by atoms with Crippen LogP contribution in [-0.2, 0) is 7.05 Å². The average molecular weight is 246 g/mol. The summed E-state index contributed by atoms with van der Waals surface area (Å²) in [4.78, 5) is 4.17. The molecule has 1 aromatic heterocycles. The summed E-state index contributed by atoms with van der Waals surface area (Å²) >= 11 is 0. The Kier molecular flexibility index (Phi) is 3.67. The van der Waals surface area contributed by atoms with Crippen LogP contribution in [-0.4, -0.2) is 20.8 Å². The Morgan fingerprint density at radius 2 is 2.00 bits per heavy atom. The molecule has 4 heteroatoms. The molecule has 1 N–H and O–H groups in total. The minimum absolute atomic E-state index is 0.0714. The summed E-state index contributed by atoms with van der Waals surface area (Å²) in [7, 11) is 1.87. The summed E-state index contributed by atoms with van der Waals surface area (Å²) in [5, 5.41) is 10.3. The molecule has 0 aliphatic carbocycles. The lowest BCUT2D eigenvalue weighted by Crippen LogP contribution is -2.10. The predicted molar refractivity (Wildman–Crippen MR) is 69.5 cm³/mol. The van der Waals surface area contributed by atoms with E-state index in [2.05, 4.69) is 4.98 Å². The van der Waals surface area contributed by atoms with Crippen LogP contribution in [0.25, 0.3) is 0 Å². The molecular formula is C14H18N2O2. The van der Waals surface area contributed by atoms with Crippen molar-refractivity contribution in [2.45, 2.75) is 26.1 Å². The highest BCUT2D eigenvalue weighted by atomic mass is 16.5. The normalized spacial score (nSPS) is 12.7. The molecule has 0 amide bonds. The smallest absolute Gasteiger partial charge is 0.126 e. The number of ether oxygens (including phenoxy) is 1. The number of para-hydroxylation sites is 1. The summed E-state index contributed by atoms with van der Waals surface area (Å²) in [6.07, 6.45) is 2.78. The van der Waals surface area contributed by atoms with Gasteiger partial charge in [-0.3, -0.25) is 0 Å². The fraction of sp³-hybridized carbons (Fsp3) is 0.357. The molecule has 1 heterocycles. The molecule has 0 aliphatic rings. The van der Waals surface area contributed by atoms with Gasteiger partial charge in [0.2, 0.25) is 0 Å². The second kappa shape index (κ2) is 5.23. The van der Waals surface area contributed by atoms with Crippen LogP contribution in [0.4, 0.5) is 0 Å². The molecule has 4 nitrogen and oxygen atoms in total. The van der Waals surface area contributed by atoms with Gasteiger partial charge in [-0.15, -0.1) is 0 Å². The third kappa shape index (κ3) is 2.71. The highest BCUT2D eigenvalue weighted by Gasteiger charge is 2.17. The highest BCUT2D eigenvalue weighted by Crippen LogP contribution is 2.29. The van der Waals surface area contributed by atoms with Crippen LogP contribution in [0.5, 0.6) is 5.75 Å². The van der Waals surface area contributed by atoms with E-state index in [1.54, 1.807) is 12.5 Å². The van der Waals surface area contributed by atoms with Crippen LogP contribution >= 0.6 is 0 Å². The fourth-order valence-corrected chi connectivity index (χ4v) is 1.80. The minimum Gasteiger partial charge on any atom is -0.491 e. The monoisotopic (exact) mass is 246 g/mol. The number of hydrogen-bond acceptors (Lipinski definition) is 3. The van der Waals surface area contributed by atoms with Crippen LogP contribution in [0.1, 0.15) is 31.2 Å². The zero-order valence-corrected chi connectivity index (χ0v) is 10.9. The second-order valence-electron chi connectivity index (χ2n) is 4.57. The lowest BCUT2D eigenvalue weighted by atomic mass is 10.1. The minimum atomic E-state index is -0.763. The topological polar surface area (TPSA) is 47.3 Å². The standard InChI is InChI=1S/C14H18N2O2/c1-10(2)18-13-7-5-4-6-11(13)14(17)12-8-16(3)9-15-12/h4-10,14,17H,1-3H3. The fourth-order valence-electron chi connectivity index (χ4n) is 1.80. The van der Waals surface area contributed by atoms with Gasteiger partial charge >= 0.3 is 0 Å². The first-order valence-corrected chi connectivity index (χ1v) is 5.99. The number of aromatic nitrogens is 2. The van der Waals surface area contributed by atoms with Gasteiger partial charge in [0.05, 0.1) is 18.1 Å². The van der Waals surface area contributed by atoms with Crippen LogP contribution in [0.15, 0.2) is 36.8 Å². The molecule has 1 unspecified atom stereocenters. The van der Waals surface area contributed by atoms with Gasteiger partial charge in [-0.05, 0) is 19.9 Å². The van der Waals surface area contributed by atoms with E-state index < -0.39 is 6.10 Å². The molecule has 96 valence electrons. The van der Waals surface area contributed by atoms with Crippen molar-refractivity contribution in [2.75, 3.05) is 0 Å². The summed E-state index contributed by atoms with van der Waals surface area (Å²) < 4.78 is 7.51. The molecule has 2 rings (SSSR count). The van der Waals surface area contributed by atoms with Crippen molar-refractivity contribution in [2.24, 2.45) is 7.05 Å². The van der Waals surface area contributed by atoms with Crippen molar-refractivity contribution in [3.63, 3.8) is 0 Å². The van der Waals surface area contributed by atoms with Crippen molar-refractivity contribution < 1.29 is 9.84 Å². The van der Waals surface area contributed by atoms with E-state index in [0.717, 1.165) is 5.56 Å². The number of aryl methyl sites for hydroxylation is 1. The molecular weight excluding hydrogens is 228 g/mol. The summed E-state index contributed by atoms with van der Waals surface area (Å²) in [5.41, 5.74) is 1.36. The number of aliphatic hydroxyl groups excluding tert-OH is 1. The summed E-state index contributed by atoms with van der Waals surface area (Å²) in [5.74, 6) is 0.700. The predicted octanol–water partition coefficient (Wildman–Crippen LogP) is 2.29. The van der Waals surface area contributed by atoms with Gasteiger partial charge in [0.15, 0.2) is 0 Å². The zero-order valence-electron chi connectivity index (χ0n) is 10.9. The first-order chi connectivity index (χ1) is 8.58. The number of imidazole rings is 1. The maximum atomic E-state index is 10.3. The molecule has 18 heavy (non-hydrogen) atoms. The maximum Gasteiger partial charge on any atom is 0.126 e. The van der Waals surface area contributed by atoms with Gasteiger partial charge < -0.3 is 14.4 Å². The first kappa shape index (κ1) is 12.6. The van der Waals surface area contributed by atoms with Gasteiger partial charge in [-0.1, -0.05) is 18.2 Å². The molecule has 1 atom stereocenters. The summed E-state index contributed by atoms with van der Waals surface area (Å²) in [6, 6.07) is 7.50. The Balaban J connectivity index is 2.32. The van der Waals surface area contributed by atoms with Gasteiger partial charge in [0.25, 0.3) is 0 Å². The molecule has 0 fully saturated rings. The van der Waals surface area contributed by atoms with Gasteiger partial charge in [-0.2, -0.15) is 0 Å². The maximum absolute atomic E-state index is 10.3. The number of rotatable bonds is 4. The molecule has 0 saturated carbocycles. The Morgan fingerprint density at radius 3 is 2.61 bits per heavy atom. The molecule has 1 aromatic carbocycles. The number of nitrogens with zero attached hydrogens (tertiary/aromatic N) is 2.